The first-order chi connectivity index (χ1) is 19.4. The van der Waals surface area contributed by atoms with Crippen LogP contribution in [0.25, 0.3) is 11.2 Å². The van der Waals surface area contributed by atoms with Gasteiger partial charge in [-0.05, 0) is 73.9 Å². The number of fused-ring (bicyclic) bond motifs is 1. The number of nitrogens with zero attached hydrogens (tertiary/aromatic N) is 4. The van der Waals surface area contributed by atoms with Crippen LogP contribution in [0.5, 0.6) is 5.88 Å². The number of ether oxygens (including phenoxy) is 2. The van der Waals surface area contributed by atoms with Crippen molar-refractivity contribution in [2.45, 2.75) is 63.7 Å². The number of hydrogen-bond acceptors (Lipinski definition) is 6. The summed E-state index contributed by atoms with van der Waals surface area (Å²) in [5.41, 5.74) is 2.61. The van der Waals surface area contributed by atoms with Crippen LogP contribution in [0, 0.1) is 11.7 Å². The van der Waals surface area contributed by atoms with Crippen molar-refractivity contribution < 1.29 is 23.8 Å². The Hall–Kier alpha value is -3.56. The molecule has 0 unspecified atom stereocenters. The van der Waals surface area contributed by atoms with Crippen molar-refractivity contribution in [3.63, 3.8) is 0 Å². The van der Waals surface area contributed by atoms with E-state index in [4.69, 9.17) is 26.1 Å². The van der Waals surface area contributed by atoms with Crippen LogP contribution in [0.2, 0.25) is 5.02 Å². The topological polar surface area (TPSA) is 99.4 Å². The van der Waals surface area contributed by atoms with Gasteiger partial charge in [-0.2, -0.15) is 0 Å². The smallest absolute Gasteiger partial charge is 0.354 e. The van der Waals surface area contributed by atoms with Gasteiger partial charge in [0, 0.05) is 36.2 Å². The van der Waals surface area contributed by atoms with Crippen LogP contribution in [-0.4, -0.2) is 49.4 Å². The standard InChI is InChI=1S/C30H30ClFN4O4/c31-20-7-6-19(24(32)16-20)15-21-2-1-3-28(33-21)40-22-8-4-18(5-9-22)14-27-34-25-10-11-26(30(37)38)35-29(25)36(27)17-23-12-13-39-23/h1-3,6-7,10-11,16,18,22-23H,4-5,8-9,12-15,17H2,(H,37,38)/t18-,22+,23-/m0/s1. The number of rotatable bonds is 9. The number of benzene rings is 1. The van der Waals surface area contributed by atoms with Gasteiger partial charge >= 0.3 is 5.97 Å². The van der Waals surface area contributed by atoms with Gasteiger partial charge in [0.2, 0.25) is 5.88 Å². The third-order valence-corrected chi connectivity index (χ3v) is 8.03. The molecule has 1 atom stereocenters. The molecule has 3 aromatic heterocycles. The summed E-state index contributed by atoms with van der Waals surface area (Å²) in [6.07, 6.45) is 6.06. The molecule has 1 aliphatic carbocycles. The molecule has 0 spiro atoms. The quantitative estimate of drug-likeness (QED) is 0.271. The lowest BCUT2D eigenvalue weighted by Gasteiger charge is -2.30. The average Bonchev–Trinajstić information content (AvgIpc) is 3.25. The molecule has 1 saturated heterocycles. The predicted molar refractivity (Wildman–Crippen MR) is 147 cm³/mol. The monoisotopic (exact) mass is 564 g/mol. The van der Waals surface area contributed by atoms with E-state index in [1.807, 2.05) is 22.8 Å². The molecular weight excluding hydrogens is 535 g/mol. The summed E-state index contributed by atoms with van der Waals surface area (Å²) in [6, 6.07) is 13.5. The summed E-state index contributed by atoms with van der Waals surface area (Å²) in [4.78, 5) is 25.3. The Labute approximate surface area is 236 Å². The number of hydrogen-bond donors (Lipinski definition) is 1. The van der Waals surface area contributed by atoms with Crippen LogP contribution in [0.4, 0.5) is 4.39 Å². The number of carbonyl (C=O) groups is 1. The van der Waals surface area contributed by atoms with Gasteiger partial charge < -0.3 is 19.1 Å². The zero-order valence-corrected chi connectivity index (χ0v) is 22.7. The molecule has 4 heterocycles. The number of halogens is 2. The Balaban J connectivity index is 1.09. The van der Waals surface area contributed by atoms with Gasteiger partial charge in [0.25, 0.3) is 0 Å². The Morgan fingerprint density at radius 3 is 2.62 bits per heavy atom. The van der Waals surface area contributed by atoms with Crippen molar-refractivity contribution in [1.29, 1.82) is 0 Å². The van der Waals surface area contributed by atoms with E-state index in [0.717, 1.165) is 56.7 Å². The molecule has 1 aromatic carbocycles. The van der Waals surface area contributed by atoms with Gasteiger partial charge in [0.1, 0.15) is 23.3 Å². The van der Waals surface area contributed by atoms with Crippen molar-refractivity contribution in [3.05, 3.63) is 82.1 Å². The molecule has 0 amide bonds. The van der Waals surface area contributed by atoms with Crippen molar-refractivity contribution in [3.8, 4) is 5.88 Å². The van der Waals surface area contributed by atoms with Crippen LogP contribution in [0.1, 0.15) is 59.7 Å². The second-order valence-electron chi connectivity index (χ2n) is 10.6. The van der Waals surface area contributed by atoms with E-state index < -0.39 is 5.97 Å². The number of carboxylic acids is 1. The first-order valence-corrected chi connectivity index (χ1v) is 14.1. The minimum atomic E-state index is -1.05. The maximum absolute atomic E-state index is 14.2. The highest BCUT2D eigenvalue weighted by Gasteiger charge is 2.27. The van der Waals surface area contributed by atoms with Gasteiger partial charge in [-0.25, -0.2) is 24.1 Å². The normalized spacial score (nSPS) is 20.8. The van der Waals surface area contributed by atoms with E-state index in [9.17, 15) is 14.3 Å². The zero-order valence-electron chi connectivity index (χ0n) is 21.9. The highest BCUT2D eigenvalue weighted by Crippen LogP contribution is 2.31. The molecule has 0 bridgehead atoms. The summed E-state index contributed by atoms with van der Waals surface area (Å²) < 4.78 is 28.2. The second-order valence-corrected chi connectivity index (χ2v) is 11.0. The van der Waals surface area contributed by atoms with Gasteiger partial charge in [0.05, 0.1) is 12.6 Å². The Kier molecular flexibility index (Phi) is 7.67. The minimum absolute atomic E-state index is 0.0170. The fourth-order valence-corrected chi connectivity index (χ4v) is 5.67. The van der Waals surface area contributed by atoms with E-state index >= 15 is 0 Å². The van der Waals surface area contributed by atoms with Gasteiger partial charge in [-0.15, -0.1) is 0 Å². The molecule has 10 heteroatoms. The minimum Gasteiger partial charge on any atom is -0.477 e. The SMILES string of the molecule is O=C(O)c1ccc2nc(C[C@H]3CC[C@@H](Oc4cccc(Cc5ccc(Cl)cc5F)n4)CC3)n(C[C@@H]3CCO3)c2n1. The molecule has 1 aliphatic heterocycles. The fraction of sp³-hybridized carbons (Fsp3) is 0.400. The first-order valence-electron chi connectivity index (χ1n) is 13.7. The third kappa shape index (κ3) is 5.95. The number of imidazole rings is 1. The highest BCUT2D eigenvalue weighted by molar-refractivity contribution is 6.30. The summed E-state index contributed by atoms with van der Waals surface area (Å²) in [6.45, 7) is 1.38. The summed E-state index contributed by atoms with van der Waals surface area (Å²) in [5, 5.41) is 9.79. The molecule has 0 radical (unpaired) electrons. The number of aromatic nitrogens is 4. The maximum atomic E-state index is 14.2. The molecule has 208 valence electrons. The number of carboxylic acid groups (broad SMARTS) is 1. The van der Waals surface area contributed by atoms with Crippen molar-refractivity contribution in [2.75, 3.05) is 6.61 Å². The summed E-state index contributed by atoms with van der Waals surface area (Å²) in [5.74, 6) is 0.521. The lowest BCUT2D eigenvalue weighted by molar-refractivity contribution is -0.0591. The molecular formula is C30H30ClFN4O4. The number of pyridine rings is 2. The van der Waals surface area contributed by atoms with Crippen LogP contribution in [0.3, 0.4) is 0 Å². The predicted octanol–water partition coefficient (Wildman–Crippen LogP) is 5.88. The zero-order chi connectivity index (χ0) is 27.6. The van der Waals surface area contributed by atoms with Gasteiger partial charge in [-0.3, -0.25) is 0 Å². The van der Waals surface area contributed by atoms with Crippen LogP contribution < -0.4 is 4.74 Å². The molecule has 1 saturated carbocycles. The Morgan fingerprint density at radius 2 is 1.90 bits per heavy atom. The van der Waals surface area contributed by atoms with E-state index in [1.165, 1.54) is 12.1 Å². The average molecular weight is 565 g/mol. The van der Waals surface area contributed by atoms with Crippen LogP contribution in [-0.2, 0) is 24.1 Å². The lowest BCUT2D eigenvalue weighted by Crippen LogP contribution is -2.32. The Bertz CT molecular complexity index is 1530. The summed E-state index contributed by atoms with van der Waals surface area (Å²) in [7, 11) is 0. The molecule has 40 heavy (non-hydrogen) atoms. The van der Waals surface area contributed by atoms with E-state index in [0.29, 0.717) is 46.5 Å². The van der Waals surface area contributed by atoms with Gasteiger partial charge in [0.15, 0.2) is 11.3 Å². The molecule has 1 N–H and O–H groups in total. The molecule has 2 fully saturated rings. The molecule has 8 nitrogen and oxygen atoms in total. The van der Waals surface area contributed by atoms with Crippen LogP contribution >= 0.6 is 11.6 Å². The van der Waals surface area contributed by atoms with E-state index in [2.05, 4.69) is 9.97 Å². The summed E-state index contributed by atoms with van der Waals surface area (Å²) >= 11 is 5.87. The fourth-order valence-electron chi connectivity index (χ4n) is 5.51. The van der Waals surface area contributed by atoms with E-state index in [1.54, 1.807) is 18.2 Å². The first kappa shape index (κ1) is 26.7. The Morgan fingerprint density at radius 1 is 1.07 bits per heavy atom. The molecule has 6 rings (SSSR count). The van der Waals surface area contributed by atoms with Gasteiger partial charge in [-0.1, -0.05) is 23.7 Å². The maximum Gasteiger partial charge on any atom is 0.354 e. The second kappa shape index (κ2) is 11.5. The molecule has 2 aliphatic rings. The third-order valence-electron chi connectivity index (χ3n) is 7.79. The van der Waals surface area contributed by atoms with Crippen molar-refractivity contribution in [2.24, 2.45) is 5.92 Å². The van der Waals surface area contributed by atoms with Crippen LogP contribution in [0.15, 0.2) is 48.5 Å². The lowest BCUT2D eigenvalue weighted by atomic mass is 9.85. The largest absolute Gasteiger partial charge is 0.477 e. The number of aromatic carboxylic acids is 1. The van der Waals surface area contributed by atoms with E-state index in [-0.39, 0.29) is 23.7 Å². The highest BCUT2D eigenvalue weighted by atomic mass is 35.5. The molecule has 4 aromatic rings. The van der Waals surface area contributed by atoms with Crippen molar-refractivity contribution >= 4 is 28.7 Å². The van der Waals surface area contributed by atoms with Crippen molar-refractivity contribution in [1.82, 2.24) is 19.5 Å².